The van der Waals surface area contributed by atoms with Crippen molar-refractivity contribution in [3.05, 3.63) is 0 Å². The van der Waals surface area contributed by atoms with Crippen LogP contribution in [0.15, 0.2) is 0 Å². The monoisotopic (exact) mass is 304 g/mol. The topological polar surface area (TPSA) is 40.1 Å². The molecule has 6 heteroatoms. The Balaban J connectivity index is 0. The number of hydrogen-bond acceptors (Lipinski definition) is 4. The summed E-state index contributed by atoms with van der Waals surface area (Å²) in [6, 6.07) is 0. The fourth-order valence-electron chi connectivity index (χ4n) is 1.21. The molecule has 0 aromatic carbocycles. The van der Waals surface area contributed by atoms with Gasteiger partial charge in [-0.2, -0.15) is 0 Å². The maximum absolute atomic E-state index is 10.1. The predicted octanol–water partition coefficient (Wildman–Crippen LogP) is -1.55. The van der Waals surface area contributed by atoms with E-state index in [2.05, 4.69) is 0 Å². The molecule has 1 aliphatic rings. The third-order valence-electron chi connectivity index (χ3n) is 1.88. The van der Waals surface area contributed by atoms with Gasteiger partial charge in [0.15, 0.2) is 0 Å². The first-order chi connectivity index (χ1) is 5.79. The van der Waals surface area contributed by atoms with Gasteiger partial charge in [-0.25, -0.2) is 0 Å². The van der Waals surface area contributed by atoms with Crippen LogP contribution < -0.4 is 17.5 Å². The Morgan fingerprint density at radius 3 is 2.64 bits per heavy atom. The smallest absolute Gasteiger partial charge is 1.00 e. The molecule has 0 N–H and O–H groups in total. The molecule has 1 atom stereocenters. The Labute approximate surface area is 112 Å². The van der Waals surface area contributed by atoms with Crippen LogP contribution in [0.3, 0.4) is 0 Å². The van der Waals surface area contributed by atoms with Gasteiger partial charge < -0.3 is 22.3 Å². The summed E-state index contributed by atoms with van der Waals surface area (Å²) in [6.07, 6.45) is 4.51. The van der Waals surface area contributed by atoms with Crippen molar-refractivity contribution in [2.75, 3.05) is 5.75 Å². The molecule has 0 aromatic heterocycles. The Kier molecular flexibility index (Phi) is 13.2. The second-order valence-corrected chi connectivity index (χ2v) is 5.73. The molecule has 1 heterocycles. The standard InChI is InChI=1S/C8H14O2S2.ClH.Zn/c9-8(10)4-2-1-3-7-5-6-11-12-7;;/h7H,1-6H2,(H,9,10);1H;/q;;+2/p-2. The molecule has 0 radical (unpaired) electrons. The van der Waals surface area contributed by atoms with Crippen LogP contribution in [-0.4, -0.2) is 17.0 Å². The summed E-state index contributed by atoms with van der Waals surface area (Å²) < 4.78 is 0. The molecule has 0 aromatic rings. The number of rotatable bonds is 5. The summed E-state index contributed by atoms with van der Waals surface area (Å²) in [7, 11) is 3.89. The molecule has 78 valence electrons. The number of aliphatic carboxylic acids is 1. The second kappa shape index (κ2) is 10.6. The van der Waals surface area contributed by atoms with E-state index in [-0.39, 0.29) is 38.3 Å². The zero-order valence-electron chi connectivity index (χ0n) is 8.04. The van der Waals surface area contributed by atoms with Crippen molar-refractivity contribution < 1.29 is 41.8 Å². The van der Waals surface area contributed by atoms with E-state index in [1.807, 2.05) is 21.6 Å². The minimum Gasteiger partial charge on any atom is -1.00 e. The van der Waals surface area contributed by atoms with Crippen LogP contribution in [0.2, 0.25) is 0 Å². The first-order valence-corrected chi connectivity index (χ1v) is 6.65. The van der Waals surface area contributed by atoms with Crippen molar-refractivity contribution in [1.29, 1.82) is 0 Å². The number of hydrogen-bond donors (Lipinski definition) is 0. The van der Waals surface area contributed by atoms with Crippen molar-refractivity contribution in [3.63, 3.8) is 0 Å². The SMILES string of the molecule is O=C([O-])CCCCC1CCSS1.[Cl-].[Zn+2]. The fourth-order valence-corrected chi connectivity index (χ4v) is 4.23. The first-order valence-electron chi connectivity index (χ1n) is 4.27. The molecule has 1 rings (SSSR count). The number of carboxylic acids is 1. The summed E-state index contributed by atoms with van der Waals surface area (Å²) >= 11 is 0. The molecule has 2 nitrogen and oxygen atoms in total. The van der Waals surface area contributed by atoms with E-state index in [0.29, 0.717) is 0 Å². The van der Waals surface area contributed by atoms with Crippen LogP contribution in [0.4, 0.5) is 0 Å². The number of carbonyl (C=O) groups is 1. The minimum atomic E-state index is -0.913. The maximum Gasteiger partial charge on any atom is 2.00 e. The van der Waals surface area contributed by atoms with Gasteiger partial charge in [0.05, 0.1) is 0 Å². The average Bonchev–Trinajstić information content (AvgIpc) is 2.49. The number of carbonyl (C=O) groups excluding carboxylic acids is 1. The van der Waals surface area contributed by atoms with Crippen LogP contribution >= 0.6 is 21.6 Å². The Morgan fingerprint density at radius 2 is 2.14 bits per heavy atom. The largest absolute Gasteiger partial charge is 2.00 e. The van der Waals surface area contributed by atoms with Gasteiger partial charge in [-0.05, 0) is 25.7 Å². The Hall–Kier alpha value is 1.08. The molecule has 0 amide bonds. The van der Waals surface area contributed by atoms with Crippen molar-refractivity contribution >= 4 is 27.6 Å². The van der Waals surface area contributed by atoms with Crippen molar-refractivity contribution in [1.82, 2.24) is 0 Å². The summed E-state index contributed by atoms with van der Waals surface area (Å²) in [6.45, 7) is 0. The van der Waals surface area contributed by atoms with Gasteiger partial charge in [0, 0.05) is 17.0 Å². The van der Waals surface area contributed by atoms with Crippen LogP contribution in [0.1, 0.15) is 32.1 Å². The summed E-state index contributed by atoms with van der Waals surface area (Å²) in [4.78, 5) is 10.1. The molecule has 1 fully saturated rings. The summed E-state index contributed by atoms with van der Waals surface area (Å²) in [5.41, 5.74) is 0. The van der Waals surface area contributed by atoms with Crippen LogP contribution in [0.25, 0.3) is 0 Å². The van der Waals surface area contributed by atoms with Gasteiger partial charge in [-0.1, -0.05) is 28.0 Å². The van der Waals surface area contributed by atoms with Gasteiger partial charge in [0.2, 0.25) is 0 Å². The Morgan fingerprint density at radius 1 is 1.43 bits per heavy atom. The first kappa shape index (κ1) is 17.5. The molecule has 1 saturated heterocycles. The average molecular weight is 306 g/mol. The molecule has 0 saturated carbocycles. The van der Waals surface area contributed by atoms with E-state index in [1.54, 1.807) is 0 Å². The number of unbranched alkanes of at least 4 members (excludes halogenated alkanes) is 1. The van der Waals surface area contributed by atoms with E-state index < -0.39 is 5.97 Å². The van der Waals surface area contributed by atoms with E-state index in [9.17, 15) is 9.90 Å². The van der Waals surface area contributed by atoms with Gasteiger partial charge in [-0.3, -0.25) is 0 Å². The zero-order chi connectivity index (χ0) is 8.81. The number of halogens is 1. The molecular weight excluding hydrogens is 293 g/mol. The third-order valence-corrected chi connectivity index (χ3v) is 4.89. The predicted molar refractivity (Wildman–Crippen MR) is 51.9 cm³/mol. The summed E-state index contributed by atoms with van der Waals surface area (Å²) in [5.74, 6) is 0.346. The zero-order valence-corrected chi connectivity index (χ0v) is 13.4. The van der Waals surface area contributed by atoms with E-state index in [1.165, 1.54) is 18.6 Å². The quantitative estimate of drug-likeness (QED) is 0.350. The van der Waals surface area contributed by atoms with E-state index in [4.69, 9.17) is 0 Å². The Bertz CT molecular complexity index is 154. The van der Waals surface area contributed by atoms with Crippen LogP contribution in [0, 0.1) is 0 Å². The third kappa shape index (κ3) is 8.40. The molecular formula is C8H13ClO2S2Zn. The van der Waals surface area contributed by atoms with E-state index >= 15 is 0 Å². The maximum atomic E-state index is 10.1. The summed E-state index contributed by atoms with van der Waals surface area (Å²) in [5, 5.41) is 10.8. The molecule has 0 spiro atoms. The molecule has 1 aliphatic heterocycles. The van der Waals surface area contributed by atoms with Crippen molar-refractivity contribution in [3.8, 4) is 0 Å². The van der Waals surface area contributed by atoms with Gasteiger partial charge in [-0.15, -0.1) is 0 Å². The molecule has 0 aliphatic carbocycles. The van der Waals surface area contributed by atoms with Crippen molar-refractivity contribution in [2.24, 2.45) is 0 Å². The van der Waals surface area contributed by atoms with Gasteiger partial charge in [0.1, 0.15) is 0 Å². The van der Waals surface area contributed by atoms with Gasteiger partial charge in [0.25, 0.3) is 0 Å². The molecule has 1 unspecified atom stereocenters. The fraction of sp³-hybridized carbons (Fsp3) is 0.875. The molecule has 0 bridgehead atoms. The van der Waals surface area contributed by atoms with E-state index in [0.717, 1.165) is 18.1 Å². The minimum absolute atomic E-state index is 0. The van der Waals surface area contributed by atoms with Crippen LogP contribution in [0.5, 0.6) is 0 Å². The van der Waals surface area contributed by atoms with Crippen molar-refractivity contribution in [2.45, 2.75) is 37.4 Å². The molecule has 14 heavy (non-hydrogen) atoms. The number of carboxylic acid groups (broad SMARTS) is 1. The second-order valence-electron chi connectivity index (χ2n) is 2.95. The van der Waals surface area contributed by atoms with Crippen LogP contribution in [-0.2, 0) is 24.3 Å². The normalized spacial score (nSPS) is 19.6. The van der Waals surface area contributed by atoms with Gasteiger partial charge >= 0.3 is 19.5 Å².